The van der Waals surface area contributed by atoms with Gasteiger partial charge >= 0.3 is 5.97 Å². The first-order valence-electron chi connectivity index (χ1n) is 23.0. The standard InChI is InChI=1S/C31H36N6O10S.2C11H8N.Ir/c1-36(24(38)8-4-2-3-5-9-27(41)47-37-25(39)12-13-26(37)40)18-17-34-31(43)23(19-48(44,45)46)35-30(42)22-14-16-33-29-21(22)11-10-20-7-6-15-32-28(20)29;2*1-2-6-10(7-3-1)11-8-4-5-9-12-11;/h6-7,10-11,14-16,23H,2-5,8-9,12-13,17-19H2,1H3,(H,34,43)(H,35,42)(H,44,45,46);2*1-6,8-9H;/q;2*-1;/p-1. The predicted octanol–water partition coefficient (Wildman–Crippen LogP) is 6.04. The van der Waals surface area contributed by atoms with Gasteiger partial charge in [-0.05, 0) is 48.5 Å². The number of hydrogen-bond acceptors (Lipinski definition) is 14. The molecule has 1 radical (unpaired) electrons. The molecule has 3 aromatic carbocycles. The number of carbonyl (C=O) groups is 6. The maximum Gasteiger partial charge on any atom is 0.333 e. The largest absolute Gasteiger partial charge is 0.748 e. The Kier molecular flexibility index (Phi) is 21.9. The molecule has 20 heteroatoms. The van der Waals surface area contributed by atoms with E-state index in [1.165, 1.54) is 24.2 Å². The summed E-state index contributed by atoms with van der Waals surface area (Å²) >= 11 is 0. The zero-order chi connectivity index (χ0) is 51.3. The van der Waals surface area contributed by atoms with Gasteiger partial charge < -0.3 is 34.9 Å². The number of carbonyl (C=O) groups excluding carboxylic acids is 6. The third-order valence-corrected chi connectivity index (χ3v) is 11.7. The molecule has 4 aromatic heterocycles. The number of hydroxylamine groups is 2. The van der Waals surface area contributed by atoms with Crippen molar-refractivity contribution in [3.05, 3.63) is 158 Å². The van der Waals surface area contributed by atoms with E-state index in [0.29, 0.717) is 47.2 Å². The zero-order valence-electron chi connectivity index (χ0n) is 39.6. The predicted molar refractivity (Wildman–Crippen MR) is 265 cm³/mol. The third kappa shape index (κ3) is 17.6. The summed E-state index contributed by atoms with van der Waals surface area (Å²) in [4.78, 5) is 96.8. The fraction of sp³-hybridized carbons (Fsp3) is 0.245. The number of pyridine rings is 4. The number of hydrogen-bond donors (Lipinski definition) is 2. The topological polar surface area (TPSA) is 251 Å². The van der Waals surface area contributed by atoms with Crippen molar-refractivity contribution in [1.82, 2.24) is 40.5 Å². The first kappa shape index (κ1) is 56.3. The van der Waals surface area contributed by atoms with E-state index in [0.717, 1.165) is 27.9 Å². The average molecular weight is 1180 g/mol. The number of amides is 5. The molecule has 1 saturated heterocycles. The molecule has 1 atom stereocenters. The SMILES string of the molecule is CN(CCNC(=O)C(CS(=O)(=O)[O-])NC(=O)c1ccnc2c1ccc1cccnc12)C(=O)CCCCCCC(=O)ON1C(=O)CCC1=O.[Ir].[c-]1ccccc1-c1ccccn1.[c-]1ccccc1-c1ccccn1. The smallest absolute Gasteiger partial charge is 0.333 e. The second kappa shape index (κ2) is 28.4. The Bertz CT molecular complexity index is 2900. The Morgan fingerprint density at radius 3 is 1.88 bits per heavy atom. The van der Waals surface area contributed by atoms with E-state index in [4.69, 9.17) is 4.84 Å². The number of imide groups is 1. The Balaban J connectivity index is 0.000000316. The molecule has 1 aliphatic heterocycles. The minimum absolute atomic E-state index is 0. The van der Waals surface area contributed by atoms with E-state index in [1.807, 2.05) is 91.0 Å². The fourth-order valence-corrected chi connectivity index (χ4v) is 7.86. The quantitative estimate of drug-likeness (QED) is 0.0327. The fourth-order valence-electron chi connectivity index (χ4n) is 7.21. The van der Waals surface area contributed by atoms with Crippen molar-refractivity contribution in [3.8, 4) is 22.5 Å². The van der Waals surface area contributed by atoms with Crippen LogP contribution in [0.3, 0.4) is 0 Å². The van der Waals surface area contributed by atoms with Crippen LogP contribution in [0.15, 0.2) is 140 Å². The van der Waals surface area contributed by atoms with Crippen LogP contribution in [0.1, 0.15) is 61.7 Å². The second-order valence-corrected chi connectivity index (χ2v) is 17.6. The maximum absolute atomic E-state index is 13.2. The van der Waals surface area contributed by atoms with E-state index in [9.17, 15) is 41.7 Å². The molecule has 0 bridgehead atoms. The Morgan fingerprint density at radius 1 is 0.712 bits per heavy atom. The molecule has 381 valence electrons. The summed E-state index contributed by atoms with van der Waals surface area (Å²) in [6.45, 7) is -0.00343. The number of rotatable bonds is 18. The molecule has 0 saturated carbocycles. The number of nitrogens with one attached hydrogen (secondary N) is 2. The first-order valence-corrected chi connectivity index (χ1v) is 24.6. The van der Waals surface area contributed by atoms with E-state index < -0.39 is 51.5 Å². The summed E-state index contributed by atoms with van der Waals surface area (Å²) in [5.41, 5.74) is 5.11. The van der Waals surface area contributed by atoms with E-state index >= 15 is 0 Å². The Hall–Kier alpha value is -7.64. The molecule has 1 unspecified atom stereocenters. The van der Waals surface area contributed by atoms with Crippen LogP contribution in [0, 0.1) is 12.1 Å². The summed E-state index contributed by atoms with van der Waals surface area (Å²) in [5, 5.41) is 6.53. The first-order chi connectivity index (χ1) is 34.8. The van der Waals surface area contributed by atoms with Crippen LogP contribution in [-0.4, -0.2) is 110 Å². The van der Waals surface area contributed by atoms with Gasteiger partial charge in [-0.25, -0.2) is 13.2 Å². The van der Waals surface area contributed by atoms with E-state index in [1.54, 1.807) is 36.8 Å². The number of fused-ring (bicyclic) bond motifs is 3. The molecule has 73 heavy (non-hydrogen) atoms. The summed E-state index contributed by atoms with van der Waals surface area (Å²) in [6, 6.07) is 40.3. The van der Waals surface area contributed by atoms with Gasteiger partial charge in [0.1, 0.15) is 6.04 Å². The molecule has 5 amide bonds. The van der Waals surface area contributed by atoms with Crippen LogP contribution >= 0.6 is 0 Å². The summed E-state index contributed by atoms with van der Waals surface area (Å²) in [7, 11) is -3.39. The van der Waals surface area contributed by atoms with Crippen LogP contribution < -0.4 is 10.6 Å². The van der Waals surface area contributed by atoms with E-state index in [-0.39, 0.29) is 70.3 Å². The van der Waals surface area contributed by atoms with Gasteiger partial charge in [0.15, 0.2) is 0 Å². The minimum atomic E-state index is -4.92. The van der Waals surface area contributed by atoms with Crippen molar-refractivity contribution >= 4 is 67.4 Å². The maximum atomic E-state index is 13.2. The average Bonchev–Trinajstić information content (AvgIpc) is 3.72. The van der Waals surface area contributed by atoms with Gasteiger partial charge in [-0.3, -0.25) is 33.9 Å². The van der Waals surface area contributed by atoms with Crippen molar-refractivity contribution in [2.45, 2.75) is 57.4 Å². The van der Waals surface area contributed by atoms with Crippen LogP contribution in [0.25, 0.3) is 44.3 Å². The summed E-state index contributed by atoms with van der Waals surface area (Å²) in [5.74, 6) is -4.86. The van der Waals surface area contributed by atoms with Gasteiger partial charge in [0, 0.05) is 101 Å². The van der Waals surface area contributed by atoms with Gasteiger partial charge in [0.2, 0.25) is 11.8 Å². The number of unbranched alkanes of at least 4 members (excludes halogenated alkanes) is 3. The van der Waals surface area contributed by atoms with Crippen molar-refractivity contribution in [1.29, 1.82) is 0 Å². The molecular formula is C53H51IrN8O10S-3. The van der Waals surface area contributed by atoms with Crippen molar-refractivity contribution in [2.75, 3.05) is 25.9 Å². The number of nitrogens with zero attached hydrogens (tertiary/aromatic N) is 6. The number of benzene rings is 3. The normalized spacial score (nSPS) is 12.3. The van der Waals surface area contributed by atoms with Gasteiger partial charge in [0.25, 0.3) is 17.7 Å². The van der Waals surface area contributed by atoms with E-state index in [2.05, 4.69) is 42.7 Å². The van der Waals surface area contributed by atoms with Gasteiger partial charge in [-0.2, -0.15) is 0 Å². The third-order valence-electron chi connectivity index (χ3n) is 10.9. The number of likely N-dealkylation sites (N-methyl/N-ethyl adjacent to an activating group) is 1. The Labute approximate surface area is 436 Å². The zero-order valence-corrected chi connectivity index (χ0v) is 42.9. The molecule has 7 aromatic rings. The molecule has 1 aliphatic rings. The minimum Gasteiger partial charge on any atom is -0.748 e. The van der Waals surface area contributed by atoms with Gasteiger partial charge in [-0.1, -0.05) is 55.3 Å². The van der Waals surface area contributed by atoms with Crippen LogP contribution in [0.2, 0.25) is 0 Å². The summed E-state index contributed by atoms with van der Waals surface area (Å²) in [6.07, 6.45) is 9.03. The Morgan fingerprint density at radius 2 is 1.30 bits per heavy atom. The molecular weight excluding hydrogens is 1130 g/mol. The number of aromatic nitrogens is 4. The summed E-state index contributed by atoms with van der Waals surface area (Å²) < 4.78 is 34.7. The molecule has 1 fully saturated rings. The molecule has 0 spiro atoms. The van der Waals surface area contributed by atoms with Crippen molar-refractivity contribution in [2.24, 2.45) is 0 Å². The molecule has 18 nitrogen and oxygen atoms in total. The van der Waals surface area contributed by atoms with Crippen LogP contribution in [-0.2, 0) is 59.0 Å². The molecule has 5 heterocycles. The molecule has 0 aliphatic carbocycles. The van der Waals surface area contributed by atoms with Crippen molar-refractivity contribution in [3.63, 3.8) is 0 Å². The van der Waals surface area contributed by atoms with Crippen LogP contribution in [0.5, 0.6) is 0 Å². The van der Waals surface area contributed by atoms with Crippen LogP contribution in [0.4, 0.5) is 0 Å². The van der Waals surface area contributed by atoms with Gasteiger partial charge in [0.05, 0.1) is 32.5 Å². The molecule has 8 rings (SSSR count). The monoisotopic (exact) mass is 1180 g/mol. The van der Waals surface area contributed by atoms with Gasteiger partial charge in [-0.15, -0.1) is 76.9 Å². The second-order valence-electron chi connectivity index (χ2n) is 16.2. The van der Waals surface area contributed by atoms with Crippen molar-refractivity contribution < 1.29 is 66.7 Å². The molecule has 2 N–H and O–H groups in total.